The maximum absolute atomic E-state index is 9.00. The molecule has 0 fully saturated rings. The summed E-state index contributed by atoms with van der Waals surface area (Å²) in [7, 11) is 0. The van der Waals surface area contributed by atoms with Gasteiger partial charge in [0.15, 0.2) is 7.59 Å². The van der Waals surface area contributed by atoms with Gasteiger partial charge in [0, 0.05) is 6.92 Å². The van der Waals surface area contributed by atoms with Crippen molar-refractivity contribution < 1.29 is 9.90 Å². The van der Waals surface area contributed by atoms with Crippen LogP contribution in [0, 0.1) is 13.8 Å². The molecule has 0 saturated heterocycles. The molecule has 2 nitrogen and oxygen atoms in total. The number of aliphatic carboxylic acids is 1. The quantitative estimate of drug-likeness (QED) is 0.604. The highest BCUT2D eigenvalue weighted by Gasteiger charge is 2.14. The van der Waals surface area contributed by atoms with Crippen molar-refractivity contribution in [1.82, 2.24) is 0 Å². The maximum atomic E-state index is 9.00. The van der Waals surface area contributed by atoms with E-state index in [4.69, 9.17) is 79.5 Å². The van der Waals surface area contributed by atoms with E-state index in [1.54, 1.807) is 0 Å². The Morgan fingerprint density at radius 2 is 1.06 bits per heavy atom. The number of halogens is 6. The molecule has 0 saturated carbocycles. The lowest BCUT2D eigenvalue weighted by Crippen LogP contribution is -1.96. The fourth-order valence-corrected chi connectivity index (χ4v) is 0. The molecule has 16 heavy (non-hydrogen) atoms. The molecule has 0 aromatic carbocycles. The molecule has 0 aliphatic heterocycles. The van der Waals surface area contributed by atoms with Gasteiger partial charge in [-0.05, 0) is 26.7 Å². The van der Waals surface area contributed by atoms with Crippen LogP contribution in [0.1, 0.15) is 19.8 Å². The van der Waals surface area contributed by atoms with Crippen LogP contribution in [0.15, 0.2) is 0 Å². The van der Waals surface area contributed by atoms with Crippen molar-refractivity contribution in [2.75, 3.05) is 0 Å². The zero-order valence-electron chi connectivity index (χ0n) is 8.45. The lowest BCUT2D eigenvalue weighted by Gasteiger charge is -2.02. The van der Waals surface area contributed by atoms with Crippen molar-refractivity contribution in [1.29, 1.82) is 0 Å². The number of carboxylic acids is 1. The third kappa shape index (κ3) is 59.1. The minimum Gasteiger partial charge on any atom is -0.481 e. The smallest absolute Gasteiger partial charge is 0.300 e. The van der Waals surface area contributed by atoms with Crippen LogP contribution in [0.3, 0.4) is 0 Å². The van der Waals surface area contributed by atoms with Gasteiger partial charge in [-0.1, -0.05) is 69.6 Å². The molecule has 1 N–H and O–H groups in total. The van der Waals surface area contributed by atoms with Gasteiger partial charge in [0.05, 0.1) is 0 Å². The lowest BCUT2D eigenvalue weighted by molar-refractivity contribution is -0.134. The maximum Gasteiger partial charge on any atom is 0.300 e. The monoisotopic (exact) mass is 350 g/mol. The molecule has 8 heteroatoms. The second-order valence-electron chi connectivity index (χ2n) is 2.25. The largest absolute Gasteiger partial charge is 0.481 e. The third-order valence-corrected chi connectivity index (χ3v) is 1.70. The highest BCUT2D eigenvalue weighted by Crippen LogP contribution is 2.29. The Labute approximate surface area is 126 Å². The second kappa shape index (κ2) is 11.3. The first-order valence-electron chi connectivity index (χ1n) is 3.77. The van der Waals surface area contributed by atoms with Crippen LogP contribution >= 0.6 is 69.6 Å². The Kier molecular flexibility index (Phi) is 15.8. The van der Waals surface area contributed by atoms with Gasteiger partial charge < -0.3 is 5.11 Å². The molecule has 0 aromatic heterocycles. The van der Waals surface area contributed by atoms with E-state index in [1.165, 1.54) is 0 Å². The number of alkyl halides is 6. The van der Waals surface area contributed by atoms with Crippen molar-refractivity contribution in [3.05, 3.63) is 13.8 Å². The summed E-state index contributed by atoms with van der Waals surface area (Å²) in [4.78, 5) is 9.00. The summed E-state index contributed by atoms with van der Waals surface area (Å²) in [5, 5.41) is 7.42. The van der Waals surface area contributed by atoms with Crippen LogP contribution in [0.25, 0.3) is 0 Å². The normalized spacial score (nSPS) is 10.6. The fourth-order valence-electron chi connectivity index (χ4n) is 0. The average molecular weight is 353 g/mol. The van der Waals surface area contributed by atoms with Gasteiger partial charge in [-0.2, -0.15) is 0 Å². The van der Waals surface area contributed by atoms with Crippen LogP contribution in [0.5, 0.6) is 0 Å². The standard InChI is InChI=1S/2C3H4Cl3.C2H4O2/c2*1-2-3(4,5)6;1-2(3)4/h2*1-2H2;1H3,(H,3,4). The van der Waals surface area contributed by atoms with Crippen molar-refractivity contribution in [3.63, 3.8) is 0 Å². The molecule has 0 amide bonds. The number of rotatable bonds is 0. The van der Waals surface area contributed by atoms with Crippen molar-refractivity contribution in [3.8, 4) is 0 Å². The number of hydrogen-bond donors (Lipinski definition) is 1. The lowest BCUT2D eigenvalue weighted by atomic mass is 10.6. The molecule has 0 heterocycles. The van der Waals surface area contributed by atoms with Gasteiger partial charge in [-0.3, -0.25) is 4.79 Å². The van der Waals surface area contributed by atoms with E-state index in [0.29, 0.717) is 12.8 Å². The molecule has 0 bridgehead atoms. The van der Waals surface area contributed by atoms with Gasteiger partial charge in [0.25, 0.3) is 5.97 Å². The van der Waals surface area contributed by atoms with Crippen molar-refractivity contribution in [2.45, 2.75) is 27.4 Å². The van der Waals surface area contributed by atoms with E-state index in [1.807, 2.05) is 0 Å². The van der Waals surface area contributed by atoms with E-state index in [9.17, 15) is 0 Å². The molecule has 0 aliphatic carbocycles. The summed E-state index contributed by atoms with van der Waals surface area (Å²) in [5.41, 5.74) is 0. The first-order chi connectivity index (χ1) is 6.85. The van der Waals surface area contributed by atoms with E-state index in [-0.39, 0.29) is 0 Å². The first-order valence-corrected chi connectivity index (χ1v) is 6.04. The van der Waals surface area contributed by atoms with E-state index < -0.39 is 13.6 Å². The Hall–Kier alpha value is 1.21. The zero-order chi connectivity index (χ0) is 14.0. The molecule has 0 aromatic rings. The van der Waals surface area contributed by atoms with Crippen molar-refractivity contribution in [2.24, 2.45) is 0 Å². The predicted octanol–water partition coefficient (Wildman–Crippen LogP) is 5.25. The molecular weight excluding hydrogens is 341 g/mol. The minimum absolute atomic E-state index is 0.317. The summed E-state index contributed by atoms with van der Waals surface area (Å²) in [5.74, 6) is -0.833. The van der Waals surface area contributed by atoms with Crippen LogP contribution in [0.4, 0.5) is 0 Å². The van der Waals surface area contributed by atoms with E-state index >= 15 is 0 Å². The average Bonchev–Trinajstić information content (AvgIpc) is 2.02. The Morgan fingerprint density at radius 1 is 1.00 bits per heavy atom. The van der Waals surface area contributed by atoms with Gasteiger partial charge in [0.2, 0.25) is 0 Å². The fraction of sp³-hybridized carbons (Fsp3) is 0.625. The summed E-state index contributed by atoms with van der Waals surface area (Å²) < 4.78 is -2.31. The molecule has 0 atom stereocenters. The van der Waals surface area contributed by atoms with Crippen LogP contribution in [-0.4, -0.2) is 18.7 Å². The highest BCUT2D eigenvalue weighted by molar-refractivity contribution is 6.68. The summed E-state index contributed by atoms with van der Waals surface area (Å²) in [6, 6.07) is 0. The summed E-state index contributed by atoms with van der Waals surface area (Å²) >= 11 is 31.1. The SMILES string of the molecule is CC(=O)O.[CH2]CC(Cl)(Cl)Cl.[CH2]CC(Cl)(Cl)Cl. The van der Waals surface area contributed by atoms with Crippen molar-refractivity contribution >= 4 is 75.6 Å². The number of hydrogen-bond acceptors (Lipinski definition) is 1. The van der Waals surface area contributed by atoms with Gasteiger partial charge in [-0.25, -0.2) is 0 Å². The molecule has 0 rings (SSSR count). The first kappa shape index (κ1) is 22.4. The second-order valence-corrected chi connectivity index (χ2v) is 7.28. The molecule has 0 spiro atoms. The summed E-state index contributed by atoms with van der Waals surface area (Å²) in [6.07, 6.45) is 0.634. The molecular formula is C8H12Cl6O2. The number of carboxylic acid groups (broad SMARTS) is 1. The Morgan fingerprint density at radius 3 is 1.06 bits per heavy atom. The molecule has 0 unspecified atom stereocenters. The Bertz CT molecular complexity index is 154. The van der Waals surface area contributed by atoms with Gasteiger partial charge in [0.1, 0.15) is 0 Å². The van der Waals surface area contributed by atoms with E-state index in [0.717, 1.165) is 6.92 Å². The Balaban J connectivity index is -0.000000162. The predicted molar refractivity (Wildman–Crippen MR) is 73.8 cm³/mol. The molecule has 0 aliphatic rings. The van der Waals surface area contributed by atoms with Gasteiger partial charge in [-0.15, -0.1) is 0 Å². The molecule has 2 radical (unpaired) electrons. The van der Waals surface area contributed by atoms with E-state index in [2.05, 4.69) is 13.8 Å². The molecule has 98 valence electrons. The number of carbonyl (C=O) groups is 1. The minimum atomic E-state index is -1.15. The third-order valence-electron chi connectivity index (χ3n) is 0.567. The highest BCUT2D eigenvalue weighted by atomic mass is 35.6. The summed E-state index contributed by atoms with van der Waals surface area (Å²) in [6.45, 7) is 7.81. The van der Waals surface area contributed by atoms with Gasteiger partial charge >= 0.3 is 0 Å². The zero-order valence-corrected chi connectivity index (χ0v) is 13.0. The van der Waals surface area contributed by atoms with Crippen LogP contribution < -0.4 is 0 Å². The topological polar surface area (TPSA) is 37.3 Å². The van der Waals surface area contributed by atoms with Crippen LogP contribution in [-0.2, 0) is 4.79 Å². The van der Waals surface area contributed by atoms with Crippen LogP contribution in [0.2, 0.25) is 0 Å².